The number of carbonyl (C=O) groups excluding carboxylic acids is 2. The van der Waals surface area contributed by atoms with Crippen molar-refractivity contribution in [1.29, 1.82) is 0 Å². The first kappa shape index (κ1) is 14.5. The minimum atomic E-state index is -0.621. The quantitative estimate of drug-likeness (QED) is 0.803. The highest BCUT2D eigenvalue weighted by Crippen LogP contribution is 2.19. The number of carbonyl (C=O) groups is 2. The van der Waals surface area contributed by atoms with E-state index in [-0.39, 0.29) is 23.0 Å². The summed E-state index contributed by atoms with van der Waals surface area (Å²) in [5.74, 6) is -0.776. The Morgan fingerprint density at radius 1 is 1.10 bits per heavy atom. The molecule has 0 fully saturated rings. The Morgan fingerprint density at radius 3 is 2.57 bits per heavy atom. The van der Waals surface area contributed by atoms with E-state index in [1.54, 1.807) is 0 Å². The van der Waals surface area contributed by atoms with Crippen molar-refractivity contribution in [2.24, 2.45) is 0 Å². The minimum absolute atomic E-state index is 0.00705. The number of hydrogen-bond donors (Lipinski definition) is 0. The molecule has 1 aromatic carbocycles. The van der Waals surface area contributed by atoms with Crippen LogP contribution in [0.3, 0.4) is 0 Å². The second kappa shape index (κ2) is 6.04. The van der Waals surface area contributed by atoms with Crippen molar-refractivity contribution >= 4 is 17.8 Å². The van der Waals surface area contributed by atoms with Gasteiger partial charge in [0.1, 0.15) is 0 Å². The zero-order valence-corrected chi connectivity index (χ0v) is 11.5. The number of nitrogens with zero attached hydrogens (tertiary/aromatic N) is 1. The summed E-state index contributed by atoms with van der Waals surface area (Å²) in [5.41, 5.74) is 0.137. The van der Waals surface area contributed by atoms with Gasteiger partial charge >= 0.3 is 5.97 Å². The van der Waals surface area contributed by atoms with Crippen molar-refractivity contribution in [2.45, 2.75) is 0 Å². The van der Waals surface area contributed by atoms with Gasteiger partial charge in [-0.1, -0.05) is 6.07 Å². The molecule has 0 aliphatic carbocycles. The Kier molecular flexibility index (Phi) is 4.18. The fraction of sp³-hybridized carbons (Fsp3) is 0.133. The van der Waals surface area contributed by atoms with Gasteiger partial charge < -0.3 is 9.15 Å². The number of amides is 1. The molecule has 1 heterocycles. The molecule has 0 radical (unpaired) electrons. The summed E-state index contributed by atoms with van der Waals surface area (Å²) in [4.78, 5) is 36.0. The molecule has 108 valence electrons. The highest BCUT2D eigenvalue weighted by molar-refractivity contribution is 6.05. The summed E-state index contributed by atoms with van der Waals surface area (Å²) in [6.45, 7) is 0. The number of rotatable bonds is 3. The number of methoxy groups -OCH3 is 1. The SMILES string of the molecule is COC(=O)c1ccc(N(C)C(=O)c2cccc(=O)cc2)o1. The lowest BCUT2D eigenvalue weighted by atomic mass is 10.2. The topological polar surface area (TPSA) is 76.8 Å². The third kappa shape index (κ3) is 3.17. The second-order valence-corrected chi connectivity index (χ2v) is 4.21. The van der Waals surface area contributed by atoms with Crippen LogP contribution in [0.1, 0.15) is 20.9 Å². The summed E-state index contributed by atoms with van der Waals surface area (Å²) in [7, 11) is 2.75. The zero-order chi connectivity index (χ0) is 15.4. The third-order valence-corrected chi connectivity index (χ3v) is 2.82. The lowest BCUT2D eigenvalue weighted by molar-refractivity contribution is 0.0565. The van der Waals surface area contributed by atoms with Gasteiger partial charge in [-0.15, -0.1) is 0 Å². The lowest BCUT2D eigenvalue weighted by Crippen LogP contribution is -2.25. The van der Waals surface area contributed by atoms with Gasteiger partial charge in [-0.25, -0.2) is 4.79 Å². The molecule has 6 heteroatoms. The molecule has 0 aliphatic rings. The van der Waals surface area contributed by atoms with Crippen molar-refractivity contribution in [3.63, 3.8) is 0 Å². The van der Waals surface area contributed by atoms with Gasteiger partial charge in [0.25, 0.3) is 5.91 Å². The fourth-order valence-corrected chi connectivity index (χ4v) is 1.68. The molecular formula is C15H13NO5. The van der Waals surface area contributed by atoms with E-state index < -0.39 is 5.97 Å². The highest BCUT2D eigenvalue weighted by Gasteiger charge is 2.18. The van der Waals surface area contributed by atoms with Crippen LogP contribution in [0.5, 0.6) is 0 Å². The molecule has 0 atom stereocenters. The molecule has 0 saturated carbocycles. The Labute approximate surface area is 120 Å². The third-order valence-electron chi connectivity index (χ3n) is 2.82. The zero-order valence-electron chi connectivity index (χ0n) is 11.5. The van der Waals surface area contributed by atoms with Crippen LogP contribution in [0.25, 0.3) is 0 Å². The van der Waals surface area contributed by atoms with Gasteiger partial charge in [0.05, 0.1) is 7.11 Å². The van der Waals surface area contributed by atoms with Crippen LogP contribution >= 0.6 is 0 Å². The first-order valence-corrected chi connectivity index (χ1v) is 6.09. The fourth-order valence-electron chi connectivity index (χ4n) is 1.68. The molecule has 1 aromatic heterocycles. The first-order valence-electron chi connectivity index (χ1n) is 6.09. The van der Waals surface area contributed by atoms with E-state index in [2.05, 4.69) is 4.74 Å². The highest BCUT2D eigenvalue weighted by atomic mass is 16.5. The molecule has 0 spiro atoms. The van der Waals surface area contributed by atoms with Crippen molar-refractivity contribution < 1.29 is 18.7 Å². The molecule has 0 aliphatic heterocycles. The monoisotopic (exact) mass is 287 g/mol. The molecule has 6 nitrogen and oxygen atoms in total. The van der Waals surface area contributed by atoms with Gasteiger partial charge in [0.15, 0.2) is 5.43 Å². The molecule has 2 rings (SSSR count). The van der Waals surface area contributed by atoms with Crippen LogP contribution in [0.2, 0.25) is 0 Å². The Bertz CT molecular complexity index is 735. The molecule has 0 unspecified atom stereocenters. The van der Waals surface area contributed by atoms with Crippen molar-refractivity contribution in [1.82, 2.24) is 0 Å². The van der Waals surface area contributed by atoms with Crippen LogP contribution in [0.15, 0.2) is 51.7 Å². The van der Waals surface area contributed by atoms with Crippen LogP contribution in [-0.4, -0.2) is 26.0 Å². The van der Waals surface area contributed by atoms with Crippen LogP contribution in [-0.2, 0) is 4.74 Å². The van der Waals surface area contributed by atoms with E-state index in [9.17, 15) is 14.4 Å². The largest absolute Gasteiger partial charge is 0.463 e. The van der Waals surface area contributed by atoms with Crippen LogP contribution < -0.4 is 10.3 Å². The Morgan fingerprint density at radius 2 is 1.86 bits per heavy atom. The van der Waals surface area contributed by atoms with Gasteiger partial charge in [-0.3, -0.25) is 14.5 Å². The number of furan rings is 1. The standard InChI is InChI=1S/C15H13NO5/c1-16(13-9-8-12(21-13)15(19)20-2)14(18)10-4-3-5-11(17)7-6-10/h3-9H,1-2H3. The Hall–Kier alpha value is -2.89. The minimum Gasteiger partial charge on any atom is -0.463 e. The maximum absolute atomic E-state index is 12.3. The number of esters is 1. The molecule has 0 saturated heterocycles. The maximum Gasteiger partial charge on any atom is 0.374 e. The lowest BCUT2D eigenvalue weighted by Gasteiger charge is -2.13. The Balaban J connectivity index is 2.27. The number of ether oxygens (including phenoxy) is 1. The molecule has 0 N–H and O–H groups in total. The van der Waals surface area contributed by atoms with Gasteiger partial charge in [0, 0.05) is 18.7 Å². The van der Waals surface area contributed by atoms with Gasteiger partial charge in [-0.2, -0.15) is 0 Å². The van der Waals surface area contributed by atoms with Crippen molar-refractivity contribution in [3.05, 3.63) is 64.0 Å². The van der Waals surface area contributed by atoms with Crippen molar-refractivity contribution in [2.75, 3.05) is 19.1 Å². The predicted molar refractivity (Wildman–Crippen MR) is 75.5 cm³/mol. The molecular weight excluding hydrogens is 274 g/mol. The molecule has 2 aromatic rings. The van der Waals surface area contributed by atoms with E-state index in [4.69, 9.17) is 4.42 Å². The molecule has 1 amide bonds. The van der Waals surface area contributed by atoms with Gasteiger partial charge in [-0.05, 0) is 30.3 Å². The first-order chi connectivity index (χ1) is 10.0. The number of anilines is 1. The average Bonchev–Trinajstić information content (AvgIpc) is 2.88. The van der Waals surface area contributed by atoms with E-state index >= 15 is 0 Å². The summed E-state index contributed by atoms with van der Waals surface area (Å²) in [5, 5.41) is 0. The normalized spacial score (nSPS) is 10.0. The van der Waals surface area contributed by atoms with Crippen LogP contribution in [0.4, 0.5) is 5.88 Å². The summed E-state index contributed by atoms with van der Waals surface area (Å²) < 4.78 is 9.79. The predicted octanol–water partition coefficient (Wildman–Crippen LogP) is 1.70. The average molecular weight is 287 g/mol. The maximum atomic E-state index is 12.3. The molecule has 21 heavy (non-hydrogen) atoms. The van der Waals surface area contributed by atoms with E-state index in [1.165, 1.54) is 61.5 Å². The summed E-state index contributed by atoms with van der Waals surface area (Å²) in [6, 6.07) is 10.1. The number of hydrogen-bond acceptors (Lipinski definition) is 5. The van der Waals surface area contributed by atoms with E-state index in [0.29, 0.717) is 5.56 Å². The van der Waals surface area contributed by atoms with E-state index in [0.717, 1.165) is 0 Å². The van der Waals surface area contributed by atoms with Crippen LogP contribution in [0, 0.1) is 0 Å². The summed E-state index contributed by atoms with van der Waals surface area (Å²) >= 11 is 0. The van der Waals surface area contributed by atoms with Gasteiger partial charge in [0.2, 0.25) is 11.6 Å². The smallest absolute Gasteiger partial charge is 0.374 e. The second-order valence-electron chi connectivity index (χ2n) is 4.21. The van der Waals surface area contributed by atoms with Crippen molar-refractivity contribution in [3.8, 4) is 0 Å². The molecule has 0 bridgehead atoms. The van der Waals surface area contributed by atoms with E-state index in [1.807, 2.05) is 0 Å². The summed E-state index contributed by atoms with van der Waals surface area (Å²) in [6.07, 6.45) is 0.